The molecule has 92 valence electrons. The summed E-state index contributed by atoms with van der Waals surface area (Å²) in [5.74, 6) is 0. The number of rotatable bonds is 1. The van der Waals surface area contributed by atoms with Crippen LogP contribution in [-0.2, 0) is 23.7 Å². The Morgan fingerprint density at radius 1 is 0.812 bits per heavy atom. The van der Waals surface area contributed by atoms with E-state index in [1.807, 2.05) is 6.92 Å². The Labute approximate surface area is 93.4 Å². The molecule has 3 aliphatic heterocycles. The molecule has 0 aromatic rings. The van der Waals surface area contributed by atoms with Crippen LogP contribution in [0.2, 0.25) is 0 Å². The SMILES string of the molecule is CC1OC(CO)[C@H]2O[C@@H]3OC(C)O[C@@H]3[C@H]2O1. The minimum atomic E-state index is -0.409. The van der Waals surface area contributed by atoms with Gasteiger partial charge in [0.1, 0.15) is 24.4 Å². The molecule has 0 amide bonds. The van der Waals surface area contributed by atoms with Crippen LogP contribution in [0.1, 0.15) is 13.8 Å². The predicted molar refractivity (Wildman–Crippen MR) is 50.4 cm³/mol. The third kappa shape index (κ3) is 1.57. The van der Waals surface area contributed by atoms with Crippen LogP contribution in [0.4, 0.5) is 0 Å². The molecule has 0 spiro atoms. The number of fused-ring (bicyclic) bond motifs is 3. The van der Waals surface area contributed by atoms with Crippen molar-refractivity contribution in [2.75, 3.05) is 6.61 Å². The monoisotopic (exact) mass is 232 g/mol. The van der Waals surface area contributed by atoms with Gasteiger partial charge in [0.2, 0.25) is 0 Å². The summed E-state index contributed by atoms with van der Waals surface area (Å²) in [6, 6.07) is 0. The molecule has 3 unspecified atom stereocenters. The molecule has 3 aliphatic rings. The number of aliphatic hydroxyl groups is 1. The van der Waals surface area contributed by atoms with Gasteiger partial charge in [0, 0.05) is 0 Å². The van der Waals surface area contributed by atoms with E-state index in [0.29, 0.717) is 0 Å². The van der Waals surface area contributed by atoms with E-state index in [1.165, 1.54) is 0 Å². The summed E-state index contributed by atoms with van der Waals surface area (Å²) >= 11 is 0. The lowest BCUT2D eigenvalue weighted by Crippen LogP contribution is -2.52. The summed E-state index contributed by atoms with van der Waals surface area (Å²) in [6.07, 6.45) is -2.18. The zero-order valence-corrected chi connectivity index (χ0v) is 9.24. The first-order valence-electron chi connectivity index (χ1n) is 5.57. The van der Waals surface area contributed by atoms with Gasteiger partial charge in [-0.2, -0.15) is 0 Å². The minimum Gasteiger partial charge on any atom is -0.394 e. The van der Waals surface area contributed by atoms with Gasteiger partial charge in [-0.3, -0.25) is 0 Å². The second-order valence-corrected chi connectivity index (χ2v) is 4.30. The molecule has 0 bridgehead atoms. The summed E-state index contributed by atoms with van der Waals surface area (Å²) in [4.78, 5) is 0. The molecular weight excluding hydrogens is 216 g/mol. The first kappa shape index (κ1) is 10.9. The topological polar surface area (TPSA) is 66.4 Å². The maximum absolute atomic E-state index is 9.23. The standard InChI is InChI=1S/C10H16O6/c1-4-12-6(3-11)7-8(13-4)9-10(16-7)15-5(2)14-9/h4-11H,3H2,1-2H3/t4?,5?,6?,7-,8+,9-,10+/m1/s1. The maximum atomic E-state index is 9.23. The lowest BCUT2D eigenvalue weighted by atomic mass is 10.0. The normalized spacial score (nSPS) is 56.1. The van der Waals surface area contributed by atoms with Crippen LogP contribution in [0.15, 0.2) is 0 Å². The summed E-state index contributed by atoms with van der Waals surface area (Å²) in [5.41, 5.74) is 0. The third-order valence-electron chi connectivity index (χ3n) is 3.14. The van der Waals surface area contributed by atoms with Gasteiger partial charge in [-0.25, -0.2) is 0 Å². The summed E-state index contributed by atoms with van der Waals surface area (Å²) in [7, 11) is 0. The van der Waals surface area contributed by atoms with Crippen molar-refractivity contribution in [3.05, 3.63) is 0 Å². The lowest BCUT2D eigenvalue weighted by molar-refractivity contribution is -0.294. The average Bonchev–Trinajstić information content (AvgIpc) is 2.74. The van der Waals surface area contributed by atoms with Crippen LogP contribution in [-0.4, -0.2) is 55.0 Å². The average molecular weight is 232 g/mol. The van der Waals surface area contributed by atoms with E-state index in [4.69, 9.17) is 23.7 Å². The highest BCUT2D eigenvalue weighted by Crippen LogP contribution is 2.38. The second-order valence-electron chi connectivity index (χ2n) is 4.30. The van der Waals surface area contributed by atoms with E-state index < -0.39 is 6.29 Å². The molecule has 3 heterocycles. The van der Waals surface area contributed by atoms with Crippen LogP contribution < -0.4 is 0 Å². The van der Waals surface area contributed by atoms with E-state index in [-0.39, 0.29) is 43.6 Å². The van der Waals surface area contributed by atoms with Gasteiger partial charge in [-0.1, -0.05) is 0 Å². The van der Waals surface area contributed by atoms with Gasteiger partial charge in [-0.15, -0.1) is 0 Å². The van der Waals surface area contributed by atoms with Gasteiger partial charge in [0.15, 0.2) is 18.9 Å². The lowest BCUT2D eigenvalue weighted by Gasteiger charge is -2.36. The van der Waals surface area contributed by atoms with Crippen molar-refractivity contribution >= 4 is 0 Å². The van der Waals surface area contributed by atoms with Gasteiger partial charge in [-0.05, 0) is 13.8 Å². The number of hydrogen-bond acceptors (Lipinski definition) is 6. The molecule has 0 saturated carbocycles. The molecule has 0 aromatic heterocycles. The van der Waals surface area contributed by atoms with Gasteiger partial charge in [0.05, 0.1) is 6.61 Å². The van der Waals surface area contributed by atoms with Crippen molar-refractivity contribution in [3.63, 3.8) is 0 Å². The smallest absolute Gasteiger partial charge is 0.190 e. The number of hydrogen-bond donors (Lipinski definition) is 1. The number of aliphatic hydroxyl groups excluding tert-OH is 1. The fraction of sp³-hybridized carbons (Fsp3) is 1.00. The third-order valence-corrected chi connectivity index (χ3v) is 3.14. The van der Waals surface area contributed by atoms with Crippen LogP contribution in [0, 0.1) is 0 Å². The molecule has 3 rings (SSSR count). The zero-order chi connectivity index (χ0) is 11.3. The molecular formula is C10H16O6. The predicted octanol–water partition coefficient (Wildman–Crippen LogP) is -0.405. The Balaban J connectivity index is 1.78. The van der Waals surface area contributed by atoms with Gasteiger partial charge < -0.3 is 28.8 Å². The highest BCUT2D eigenvalue weighted by molar-refractivity contribution is 4.97. The Kier molecular flexibility index (Phi) is 2.66. The first-order chi connectivity index (χ1) is 7.69. The van der Waals surface area contributed by atoms with E-state index in [0.717, 1.165) is 0 Å². The maximum Gasteiger partial charge on any atom is 0.190 e. The Morgan fingerprint density at radius 2 is 1.50 bits per heavy atom. The largest absolute Gasteiger partial charge is 0.394 e. The van der Waals surface area contributed by atoms with Gasteiger partial charge in [0.25, 0.3) is 0 Å². The van der Waals surface area contributed by atoms with Crippen molar-refractivity contribution in [1.82, 2.24) is 0 Å². The van der Waals surface area contributed by atoms with E-state index in [2.05, 4.69) is 0 Å². The Morgan fingerprint density at radius 3 is 2.25 bits per heavy atom. The second kappa shape index (κ2) is 3.90. The van der Waals surface area contributed by atoms with Crippen molar-refractivity contribution in [3.8, 4) is 0 Å². The molecule has 7 atom stereocenters. The first-order valence-corrected chi connectivity index (χ1v) is 5.57. The fourth-order valence-electron chi connectivity index (χ4n) is 2.52. The van der Waals surface area contributed by atoms with Crippen molar-refractivity contribution in [1.29, 1.82) is 0 Å². The van der Waals surface area contributed by atoms with Crippen LogP contribution in [0.25, 0.3) is 0 Å². The molecule has 3 fully saturated rings. The zero-order valence-electron chi connectivity index (χ0n) is 9.24. The Hall–Kier alpha value is -0.240. The summed E-state index contributed by atoms with van der Waals surface area (Å²) < 4.78 is 27.8. The molecule has 1 N–H and O–H groups in total. The number of ether oxygens (including phenoxy) is 5. The molecule has 3 saturated heterocycles. The molecule has 6 nitrogen and oxygen atoms in total. The minimum absolute atomic E-state index is 0.0934. The quantitative estimate of drug-likeness (QED) is 0.663. The molecule has 0 radical (unpaired) electrons. The molecule has 16 heavy (non-hydrogen) atoms. The van der Waals surface area contributed by atoms with Gasteiger partial charge >= 0.3 is 0 Å². The van der Waals surface area contributed by atoms with E-state index >= 15 is 0 Å². The van der Waals surface area contributed by atoms with Crippen LogP contribution >= 0.6 is 0 Å². The van der Waals surface area contributed by atoms with Crippen LogP contribution in [0.3, 0.4) is 0 Å². The van der Waals surface area contributed by atoms with E-state index in [9.17, 15) is 5.11 Å². The summed E-state index contributed by atoms with van der Waals surface area (Å²) in [5, 5.41) is 9.23. The highest BCUT2D eigenvalue weighted by atomic mass is 16.8. The molecule has 0 aliphatic carbocycles. The van der Waals surface area contributed by atoms with Crippen LogP contribution in [0.5, 0.6) is 0 Å². The highest BCUT2D eigenvalue weighted by Gasteiger charge is 2.57. The van der Waals surface area contributed by atoms with Crippen molar-refractivity contribution < 1.29 is 28.8 Å². The Bertz CT molecular complexity index is 272. The van der Waals surface area contributed by atoms with Crippen molar-refractivity contribution in [2.45, 2.75) is 57.1 Å². The van der Waals surface area contributed by atoms with E-state index in [1.54, 1.807) is 6.92 Å². The molecule has 6 heteroatoms. The summed E-state index contributed by atoms with van der Waals surface area (Å²) in [6.45, 7) is 3.53. The molecule has 0 aromatic carbocycles. The fourth-order valence-corrected chi connectivity index (χ4v) is 2.52. The van der Waals surface area contributed by atoms with Crippen molar-refractivity contribution in [2.24, 2.45) is 0 Å².